The minimum absolute atomic E-state index is 0.401. The molecule has 6 nitrogen and oxygen atoms in total. The van der Waals surface area contributed by atoms with E-state index < -0.39 is 5.97 Å². The zero-order chi connectivity index (χ0) is 14.3. The van der Waals surface area contributed by atoms with Crippen molar-refractivity contribution in [3.8, 4) is 0 Å². The molecule has 1 heterocycles. The number of nitrogens with zero attached hydrogens (tertiary/aromatic N) is 1. The Balaban J connectivity index is 2.63. The van der Waals surface area contributed by atoms with Gasteiger partial charge in [-0.2, -0.15) is 0 Å². The van der Waals surface area contributed by atoms with Crippen molar-refractivity contribution in [1.82, 2.24) is 10.6 Å². The number of aliphatic imine (C=N–C) groups is 1. The van der Waals surface area contributed by atoms with Gasteiger partial charge in [-0.05, 0) is 13.0 Å². The number of guanidine groups is 1. The van der Waals surface area contributed by atoms with Gasteiger partial charge in [0.25, 0.3) is 0 Å². The highest BCUT2D eigenvalue weighted by Crippen LogP contribution is 2.15. The number of rotatable bonds is 5. The molecule has 1 rings (SSSR count). The number of carbonyl (C=O) groups is 1. The van der Waals surface area contributed by atoms with Crippen molar-refractivity contribution in [3.63, 3.8) is 0 Å². The molecule has 0 aromatic carbocycles. The largest absolute Gasteiger partial charge is 0.465 e. The first kappa shape index (κ1) is 14.8. The van der Waals surface area contributed by atoms with E-state index in [0.29, 0.717) is 36.1 Å². The lowest BCUT2D eigenvalue weighted by Crippen LogP contribution is -2.36. The standard InChI is InChI=1S/C13H19N3O3/c1-5-6-15-13(14-3)16-8-10-7-11(9(2)19-10)12(17)18-4/h5,7H,1,6,8H2,2-4H3,(H2,14,15,16). The van der Waals surface area contributed by atoms with E-state index in [1.54, 1.807) is 26.1 Å². The monoisotopic (exact) mass is 265 g/mol. The molecule has 1 aromatic heterocycles. The molecule has 104 valence electrons. The third kappa shape index (κ3) is 4.17. The summed E-state index contributed by atoms with van der Waals surface area (Å²) in [7, 11) is 3.01. The lowest BCUT2D eigenvalue weighted by Gasteiger charge is -2.08. The third-order valence-electron chi connectivity index (χ3n) is 2.44. The number of ether oxygens (including phenoxy) is 1. The summed E-state index contributed by atoms with van der Waals surface area (Å²) >= 11 is 0. The average Bonchev–Trinajstić information content (AvgIpc) is 2.79. The number of hydrogen-bond acceptors (Lipinski definition) is 4. The maximum Gasteiger partial charge on any atom is 0.341 e. The minimum atomic E-state index is -0.401. The first-order valence-corrected chi connectivity index (χ1v) is 5.85. The number of esters is 1. The summed E-state index contributed by atoms with van der Waals surface area (Å²) in [6, 6.07) is 1.66. The van der Waals surface area contributed by atoms with E-state index in [9.17, 15) is 4.79 Å². The maximum absolute atomic E-state index is 11.4. The molecule has 0 radical (unpaired) electrons. The van der Waals surface area contributed by atoms with Gasteiger partial charge in [0.15, 0.2) is 5.96 Å². The lowest BCUT2D eigenvalue weighted by molar-refractivity contribution is 0.0599. The van der Waals surface area contributed by atoms with Crippen LogP contribution in [0.1, 0.15) is 21.9 Å². The molecule has 0 unspecified atom stereocenters. The van der Waals surface area contributed by atoms with E-state index in [2.05, 4.69) is 26.9 Å². The zero-order valence-electron chi connectivity index (χ0n) is 11.4. The fourth-order valence-corrected chi connectivity index (χ4v) is 1.50. The third-order valence-corrected chi connectivity index (χ3v) is 2.44. The molecule has 0 bridgehead atoms. The van der Waals surface area contributed by atoms with Gasteiger partial charge in [-0.25, -0.2) is 4.79 Å². The molecule has 2 N–H and O–H groups in total. The Hall–Kier alpha value is -2.24. The van der Waals surface area contributed by atoms with Crippen LogP contribution in [0.3, 0.4) is 0 Å². The van der Waals surface area contributed by atoms with Gasteiger partial charge in [0.1, 0.15) is 17.1 Å². The molecular weight excluding hydrogens is 246 g/mol. The summed E-state index contributed by atoms with van der Waals surface area (Å²) in [5, 5.41) is 6.10. The van der Waals surface area contributed by atoms with E-state index in [1.165, 1.54) is 7.11 Å². The fraction of sp³-hybridized carbons (Fsp3) is 0.385. The SMILES string of the molecule is C=CCNC(=NC)NCc1cc(C(=O)OC)c(C)o1. The summed E-state index contributed by atoms with van der Waals surface area (Å²) in [4.78, 5) is 15.5. The number of furan rings is 1. The maximum atomic E-state index is 11.4. The molecule has 6 heteroatoms. The molecule has 1 aromatic rings. The van der Waals surface area contributed by atoms with Crippen molar-refractivity contribution in [1.29, 1.82) is 0 Å². The van der Waals surface area contributed by atoms with Crippen LogP contribution in [-0.4, -0.2) is 32.6 Å². The average molecular weight is 265 g/mol. The highest BCUT2D eigenvalue weighted by atomic mass is 16.5. The van der Waals surface area contributed by atoms with E-state index in [0.717, 1.165) is 0 Å². The lowest BCUT2D eigenvalue weighted by atomic mass is 10.2. The van der Waals surface area contributed by atoms with Crippen molar-refractivity contribution >= 4 is 11.9 Å². The Morgan fingerprint density at radius 3 is 2.89 bits per heavy atom. The number of aryl methyl sites for hydroxylation is 1. The first-order valence-electron chi connectivity index (χ1n) is 5.85. The van der Waals surface area contributed by atoms with Gasteiger partial charge in [0.05, 0.1) is 13.7 Å². The van der Waals surface area contributed by atoms with Crippen LogP contribution in [0.15, 0.2) is 28.1 Å². The molecule has 0 aliphatic rings. The van der Waals surface area contributed by atoms with E-state index in [4.69, 9.17) is 4.42 Å². The normalized spacial score (nSPS) is 11.0. The van der Waals surface area contributed by atoms with Gasteiger partial charge in [-0.1, -0.05) is 6.08 Å². The summed E-state index contributed by atoms with van der Waals surface area (Å²) in [6.07, 6.45) is 1.74. The van der Waals surface area contributed by atoms with E-state index >= 15 is 0 Å². The van der Waals surface area contributed by atoms with Crippen molar-refractivity contribution in [2.24, 2.45) is 4.99 Å². The highest BCUT2D eigenvalue weighted by molar-refractivity contribution is 5.90. The van der Waals surface area contributed by atoms with Crippen LogP contribution in [0.4, 0.5) is 0 Å². The number of carbonyl (C=O) groups excluding carboxylic acids is 1. The van der Waals surface area contributed by atoms with E-state index in [1.807, 2.05) is 0 Å². The molecule has 0 saturated carbocycles. The molecule has 0 spiro atoms. The van der Waals surface area contributed by atoms with Crippen LogP contribution in [0.5, 0.6) is 0 Å². The second-order valence-corrected chi connectivity index (χ2v) is 3.77. The van der Waals surface area contributed by atoms with E-state index in [-0.39, 0.29) is 0 Å². The van der Waals surface area contributed by atoms with Gasteiger partial charge in [-0.3, -0.25) is 4.99 Å². The van der Waals surface area contributed by atoms with Gasteiger partial charge in [0.2, 0.25) is 0 Å². The van der Waals surface area contributed by atoms with Crippen LogP contribution in [-0.2, 0) is 11.3 Å². The Bertz CT molecular complexity index is 477. The van der Waals surface area contributed by atoms with Gasteiger partial charge in [0, 0.05) is 13.6 Å². The fourth-order valence-electron chi connectivity index (χ4n) is 1.50. The predicted molar refractivity (Wildman–Crippen MR) is 73.2 cm³/mol. The Morgan fingerprint density at radius 1 is 1.58 bits per heavy atom. The number of hydrogen-bond donors (Lipinski definition) is 2. The second kappa shape index (κ2) is 7.25. The zero-order valence-corrected chi connectivity index (χ0v) is 11.4. The molecule has 0 fully saturated rings. The van der Waals surface area contributed by atoms with Crippen molar-refractivity contribution in [2.75, 3.05) is 20.7 Å². The second-order valence-electron chi connectivity index (χ2n) is 3.77. The van der Waals surface area contributed by atoms with Crippen LogP contribution in [0.2, 0.25) is 0 Å². The Labute approximate surface area is 112 Å². The molecule has 0 aliphatic heterocycles. The predicted octanol–water partition coefficient (Wildman–Crippen LogP) is 1.23. The smallest absolute Gasteiger partial charge is 0.341 e. The Kier molecular flexibility index (Phi) is 5.66. The molecule has 19 heavy (non-hydrogen) atoms. The van der Waals surface area contributed by atoms with Gasteiger partial charge < -0.3 is 19.8 Å². The quantitative estimate of drug-likeness (QED) is 0.362. The summed E-state index contributed by atoms with van der Waals surface area (Å²) in [5.74, 6) is 1.41. The van der Waals surface area contributed by atoms with Crippen molar-refractivity contribution in [2.45, 2.75) is 13.5 Å². The van der Waals surface area contributed by atoms with Crippen molar-refractivity contribution < 1.29 is 13.9 Å². The first-order chi connectivity index (χ1) is 9.12. The summed E-state index contributed by atoms with van der Waals surface area (Å²) in [5.41, 5.74) is 0.438. The molecule has 0 atom stereocenters. The molecule has 0 saturated heterocycles. The molecule has 0 amide bonds. The van der Waals surface area contributed by atoms with Crippen molar-refractivity contribution in [3.05, 3.63) is 35.8 Å². The number of methoxy groups -OCH3 is 1. The van der Waals surface area contributed by atoms with Crippen LogP contribution < -0.4 is 10.6 Å². The topological polar surface area (TPSA) is 75.9 Å². The van der Waals surface area contributed by atoms with Crippen LogP contribution >= 0.6 is 0 Å². The van der Waals surface area contributed by atoms with Gasteiger partial charge in [-0.15, -0.1) is 6.58 Å². The van der Waals surface area contributed by atoms with Crippen LogP contribution in [0.25, 0.3) is 0 Å². The summed E-state index contributed by atoms with van der Waals surface area (Å²) in [6.45, 7) is 6.38. The van der Waals surface area contributed by atoms with Crippen LogP contribution in [0, 0.1) is 6.92 Å². The Morgan fingerprint density at radius 2 is 2.32 bits per heavy atom. The highest BCUT2D eigenvalue weighted by Gasteiger charge is 2.15. The molecular formula is C13H19N3O3. The minimum Gasteiger partial charge on any atom is -0.465 e. The van der Waals surface area contributed by atoms with Gasteiger partial charge >= 0.3 is 5.97 Å². The molecule has 0 aliphatic carbocycles. The summed E-state index contributed by atoms with van der Waals surface area (Å²) < 4.78 is 10.1. The number of nitrogens with one attached hydrogen (secondary N) is 2.